The molecule has 1 amide bonds. The number of nitrogens with zero attached hydrogens (tertiary/aromatic N) is 1. The smallest absolute Gasteiger partial charge is 0.290 e. The van der Waals surface area contributed by atoms with Gasteiger partial charge in [-0.1, -0.05) is 0 Å². The number of rotatable bonds is 2. The first-order valence-corrected chi connectivity index (χ1v) is 2.54. The molecule has 0 atom stereocenters. The van der Waals surface area contributed by atoms with E-state index in [2.05, 4.69) is 0 Å². The van der Waals surface area contributed by atoms with Gasteiger partial charge in [0.05, 0.1) is 6.54 Å². The van der Waals surface area contributed by atoms with Gasteiger partial charge in [0.25, 0.3) is 5.91 Å². The van der Waals surface area contributed by atoms with Crippen LogP contribution in [0.15, 0.2) is 0 Å². The third-order valence-electron chi connectivity index (χ3n) is 0.830. The molecule has 4 heteroatoms. The Morgan fingerprint density at radius 2 is 1.89 bits per heavy atom. The van der Waals surface area contributed by atoms with Crippen molar-refractivity contribution in [3.05, 3.63) is 0 Å². The number of amides is 1. The molecule has 0 heterocycles. The number of hydrogen-bond acceptors (Lipinski definition) is 3. The number of carbonyl (C=O) groups excluding carboxylic acids is 2. The molecular weight excluding hydrogens is 120 g/mol. The average Bonchev–Trinajstić information content (AvgIpc) is 1.84. The van der Waals surface area contributed by atoms with Crippen molar-refractivity contribution in [3.8, 4) is 0 Å². The summed E-state index contributed by atoms with van der Waals surface area (Å²) in [5, 5.41) is 0. The van der Waals surface area contributed by atoms with Gasteiger partial charge in [0.2, 0.25) is 5.78 Å². The van der Waals surface area contributed by atoms with Crippen LogP contribution in [0.2, 0.25) is 0 Å². The average molecular weight is 130 g/mol. The molecule has 9 heavy (non-hydrogen) atoms. The number of nitrogens with two attached hydrogens (primary N) is 1. The molecule has 52 valence electrons. The van der Waals surface area contributed by atoms with Crippen LogP contribution < -0.4 is 5.73 Å². The Labute approximate surface area is 53.6 Å². The van der Waals surface area contributed by atoms with E-state index in [-0.39, 0.29) is 6.54 Å². The standard InChI is InChI=1S/C5H10N2O2/c1-7(2)5(9)4(8)3-6/h3,6H2,1-2H3. The lowest BCUT2D eigenvalue weighted by molar-refractivity contribution is -0.142. The molecule has 0 spiro atoms. The van der Waals surface area contributed by atoms with E-state index in [4.69, 9.17) is 5.73 Å². The van der Waals surface area contributed by atoms with Crippen LogP contribution in [0.3, 0.4) is 0 Å². The van der Waals surface area contributed by atoms with Gasteiger partial charge >= 0.3 is 0 Å². The van der Waals surface area contributed by atoms with Gasteiger partial charge in [0.1, 0.15) is 0 Å². The maximum absolute atomic E-state index is 10.6. The van der Waals surface area contributed by atoms with Crippen LogP contribution in [-0.4, -0.2) is 37.2 Å². The highest BCUT2D eigenvalue weighted by Gasteiger charge is 2.11. The van der Waals surface area contributed by atoms with E-state index in [1.165, 1.54) is 19.0 Å². The van der Waals surface area contributed by atoms with E-state index in [9.17, 15) is 9.59 Å². The topological polar surface area (TPSA) is 63.4 Å². The summed E-state index contributed by atoms with van der Waals surface area (Å²) in [5.74, 6) is -1.10. The molecule has 0 bridgehead atoms. The molecule has 0 aromatic heterocycles. The minimum absolute atomic E-state index is 0.211. The molecule has 0 aromatic carbocycles. The van der Waals surface area contributed by atoms with E-state index in [0.29, 0.717) is 0 Å². The summed E-state index contributed by atoms with van der Waals surface area (Å²) in [4.78, 5) is 22.2. The summed E-state index contributed by atoms with van der Waals surface area (Å²) in [6, 6.07) is 0. The molecule has 0 rings (SSSR count). The Bertz CT molecular complexity index is 131. The molecule has 0 fully saturated rings. The Morgan fingerprint density at radius 3 is 2.00 bits per heavy atom. The van der Waals surface area contributed by atoms with Crippen molar-refractivity contribution in [2.24, 2.45) is 5.73 Å². The van der Waals surface area contributed by atoms with Crippen molar-refractivity contribution in [1.29, 1.82) is 0 Å². The van der Waals surface area contributed by atoms with Gasteiger partial charge in [-0.3, -0.25) is 9.59 Å². The van der Waals surface area contributed by atoms with Gasteiger partial charge in [-0.25, -0.2) is 0 Å². The fourth-order valence-corrected chi connectivity index (χ4v) is 0.337. The third-order valence-corrected chi connectivity index (χ3v) is 0.830. The predicted molar refractivity (Wildman–Crippen MR) is 32.8 cm³/mol. The van der Waals surface area contributed by atoms with Gasteiger partial charge in [0, 0.05) is 14.1 Å². The first-order chi connectivity index (χ1) is 4.09. The lowest BCUT2D eigenvalue weighted by atomic mass is 10.3. The Balaban J connectivity index is 3.89. The number of hydrogen-bond donors (Lipinski definition) is 1. The maximum Gasteiger partial charge on any atom is 0.290 e. The molecule has 0 aromatic rings. The summed E-state index contributed by atoms with van der Waals surface area (Å²) >= 11 is 0. The highest BCUT2D eigenvalue weighted by Crippen LogP contribution is 1.77. The molecular formula is C5H10N2O2. The number of Topliss-reactive ketones (excluding diaryl/α,β-unsaturated/α-hetero) is 1. The fourth-order valence-electron chi connectivity index (χ4n) is 0.337. The molecule has 4 nitrogen and oxygen atoms in total. The van der Waals surface area contributed by atoms with Gasteiger partial charge in [-0.05, 0) is 0 Å². The summed E-state index contributed by atoms with van der Waals surface area (Å²) in [5.41, 5.74) is 4.91. The largest absolute Gasteiger partial charge is 0.342 e. The van der Waals surface area contributed by atoms with Crippen LogP contribution in [0.4, 0.5) is 0 Å². The first kappa shape index (κ1) is 8.10. The van der Waals surface area contributed by atoms with E-state index in [1.807, 2.05) is 0 Å². The zero-order chi connectivity index (χ0) is 7.44. The lowest BCUT2D eigenvalue weighted by Crippen LogP contribution is -2.34. The molecule has 0 saturated heterocycles. The quantitative estimate of drug-likeness (QED) is 0.468. The van der Waals surface area contributed by atoms with E-state index >= 15 is 0 Å². The second-order valence-electron chi connectivity index (χ2n) is 1.83. The molecule has 0 aliphatic carbocycles. The zero-order valence-corrected chi connectivity index (χ0v) is 5.55. The van der Waals surface area contributed by atoms with Crippen LogP contribution in [0.1, 0.15) is 0 Å². The predicted octanol–water partition coefficient (Wildman–Crippen LogP) is -1.40. The second kappa shape index (κ2) is 3.19. The normalized spacial score (nSPS) is 8.78. The van der Waals surface area contributed by atoms with Crippen molar-refractivity contribution in [2.45, 2.75) is 0 Å². The first-order valence-electron chi connectivity index (χ1n) is 2.54. The van der Waals surface area contributed by atoms with Crippen molar-refractivity contribution in [1.82, 2.24) is 4.90 Å². The van der Waals surface area contributed by atoms with Gasteiger partial charge in [-0.2, -0.15) is 0 Å². The van der Waals surface area contributed by atoms with Gasteiger partial charge < -0.3 is 10.6 Å². The van der Waals surface area contributed by atoms with Crippen LogP contribution in [-0.2, 0) is 9.59 Å². The van der Waals surface area contributed by atoms with Crippen LogP contribution >= 0.6 is 0 Å². The van der Waals surface area contributed by atoms with Gasteiger partial charge in [0.15, 0.2) is 0 Å². The summed E-state index contributed by atoms with van der Waals surface area (Å²) in [6.45, 7) is -0.211. The minimum Gasteiger partial charge on any atom is -0.342 e. The molecule has 0 unspecified atom stereocenters. The van der Waals surface area contributed by atoms with Crippen molar-refractivity contribution >= 4 is 11.7 Å². The van der Waals surface area contributed by atoms with E-state index in [0.717, 1.165) is 0 Å². The second-order valence-corrected chi connectivity index (χ2v) is 1.83. The zero-order valence-electron chi connectivity index (χ0n) is 5.55. The highest BCUT2D eigenvalue weighted by atomic mass is 16.2. The Hall–Kier alpha value is -0.900. The minimum atomic E-state index is -0.556. The number of likely N-dealkylation sites (N-methyl/N-ethyl adjacent to an activating group) is 1. The van der Waals surface area contributed by atoms with Gasteiger partial charge in [-0.15, -0.1) is 0 Å². The molecule has 0 saturated carbocycles. The van der Waals surface area contributed by atoms with Crippen molar-refractivity contribution in [2.75, 3.05) is 20.6 Å². The van der Waals surface area contributed by atoms with Crippen LogP contribution in [0, 0.1) is 0 Å². The van der Waals surface area contributed by atoms with Crippen LogP contribution in [0.5, 0.6) is 0 Å². The SMILES string of the molecule is CN(C)C(=O)C(=O)CN. The van der Waals surface area contributed by atoms with E-state index < -0.39 is 11.7 Å². The fraction of sp³-hybridized carbons (Fsp3) is 0.600. The van der Waals surface area contributed by atoms with Crippen LogP contribution in [0.25, 0.3) is 0 Å². The monoisotopic (exact) mass is 130 g/mol. The van der Waals surface area contributed by atoms with Crippen molar-refractivity contribution < 1.29 is 9.59 Å². The molecule has 0 aliphatic rings. The van der Waals surface area contributed by atoms with E-state index in [1.54, 1.807) is 0 Å². The number of ketones is 1. The molecule has 2 N–H and O–H groups in total. The third kappa shape index (κ3) is 2.23. The molecule has 0 aliphatic heterocycles. The molecule has 0 radical (unpaired) electrons. The highest BCUT2D eigenvalue weighted by molar-refractivity contribution is 6.36. The lowest BCUT2D eigenvalue weighted by Gasteiger charge is -2.06. The number of carbonyl (C=O) groups is 2. The maximum atomic E-state index is 10.6. The summed E-state index contributed by atoms with van der Waals surface area (Å²) in [7, 11) is 3.02. The van der Waals surface area contributed by atoms with Crippen molar-refractivity contribution in [3.63, 3.8) is 0 Å². The summed E-state index contributed by atoms with van der Waals surface area (Å²) in [6.07, 6.45) is 0. The Kier molecular flexibility index (Phi) is 2.87. The Morgan fingerprint density at radius 1 is 1.44 bits per heavy atom. The summed E-state index contributed by atoms with van der Waals surface area (Å²) < 4.78 is 0.